The van der Waals surface area contributed by atoms with Gasteiger partial charge in [-0.3, -0.25) is 4.68 Å². The van der Waals surface area contributed by atoms with Gasteiger partial charge >= 0.3 is 0 Å². The molecule has 0 atom stereocenters. The summed E-state index contributed by atoms with van der Waals surface area (Å²) in [6.45, 7) is 15.1. The van der Waals surface area contributed by atoms with E-state index in [1.54, 1.807) is 0 Å². The Kier molecular flexibility index (Phi) is 4.07. The Bertz CT molecular complexity index is 596. The van der Waals surface area contributed by atoms with E-state index in [-0.39, 0.29) is 5.04 Å². The summed E-state index contributed by atoms with van der Waals surface area (Å²) in [7, 11) is -1.66. The molecule has 0 saturated heterocycles. The molecule has 1 heterocycles. The van der Waals surface area contributed by atoms with E-state index >= 15 is 0 Å². The maximum Gasteiger partial charge on any atom is 0.192 e. The third kappa shape index (κ3) is 2.96. The highest BCUT2D eigenvalue weighted by molar-refractivity contribution is 6.74. The summed E-state index contributed by atoms with van der Waals surface area (Å²) in [4.78, 5) is 0. The summed E-state index contributed by atoms with van der Waals surface area (Å²) >= 11 is 0. The number of aromatic nitrogens is 2. The van der Waals surface area contributed by atoms with Gasteiger partial charge in [0.1, 0.15) is 0 Å². The molecule has 0 spiro atoms. The molecule has 0 amide bonds. The minimum atomic E-state index is -1.66. The van der Waals surface area contributed by atoms with Crippen molar-refractivity contribution in [3.8, 4) is 0 Å². The minimum Gasteiger partial charge on any atom is -0.415 e. The predicted octanol–water partition coefficient (Wildman–Crippen LogP) is 4.37. The van der Waals surface area contributed by atoms with Crippen molar-refractivity contribution in [2.45, 2.75) is 52.4 Å². The molecule has 2 rings (SSSR count). The summed E-state index contributed by atoms with van der Waals surface area (Å²) in [6, 6.07) is 8.29. The van der Waals surface area contributed by atoms with Crippen LogP contribution in [0.2, 0.25) is 18.1 Å². The zero-order chi connectivity index (χ0) is 15.0. The highest BCUT2D eigenvalue weighted by Crippen LogP contribution is 2.36. The van der Waals surface area contributed by atoms with Gasteiger partial charge in [-0.25, -0.2) is 0 Å². The fourth-order valence-corrected chi connectivity index (χ4v) is 3.07. The van der Waals surface area contributed by atoms with Gasteiger partial charge in [0, 0.05) is 11.1 Å². The molecule has 3 nitrogen and oxygen atoms in total. The van der Waals surface area contributed by atoms with Crippen LogP contribution >= 0.6 is 0 Å². The van der Waals surface area contributed by atoms with Crippen LogP contribution < -0.4 is 0 Å². The second-order valence-electron chi connectivity index (χ2n) is 6.93. The first kappa shape index (κ1) is 15.3. The number of benzene rings is 1. The molecule has 0 aliphatic heterocycles. The number of hydrogen-bond acceptors (Lipinski definition) is 2. The molecule has 4 heteroatoms. The summed E-state index contributed by atoms with van der Waals surface area (Å²) in [5.74, 6) is 0. The summed E-state index contributed by atoms with van der Waals surface area (Å²) in [5, 5.41) is 6.14. The van der Waals surface area contributed by atoms with E-state index in [1.165, 1.54) is 11.1 Å². The smallest absolute Gasteiger partial charge is 0.192 e. The van der Waals surface area contributed by atoms with Crippen LogP contribution in [-0.2, 0) is 11.0 Å². The first-order chi connectivity index (χ1) is 9.22. The molecule has 0 N–H and O–H groups in total. The summed E-state index contributed by atoms with van der Waals surface area (Å²) < 4.78 is 8.29. The van der Waals surface area contributed by atoms with Crippen LogP contribution in [0.15, 0.2) is 24.3 Å². The Hall–Kier alpha value is -1.13. The Morgan fingerprint density at radius 3 is 2.45 bits per heavy atom. The Labute approximate surface area is 123 Å². The molecule has 0 radical (unpaired) electrons. The highest BCUT2D eigenvalue weighted by atomic mass is 28.4. The SMILES string of the molecule is Cc1c2ccccc2nn1CCO[Si](C)(C)C(C)(C)C. The van der Waals surface area contributed by atoms with Crippen LogP contribution in [0.25, 0.3) is 10.9 Å². The standard InChI is InChI=1S/C16H26N2OSi/c1-13-14-9-7-8-10-15(14)17-18(13)11-12-19-20(5,6)16(2,3)4/h7-10H,11-12H2,1-6H3. The van der Waals surface area contributed by atoms with Gasteiger partial charge in [0.15, 0.2) is 8.32 Å². The Morgan fingerprint density at radius 2 is 1.85 bits per heavy atom. The molecular formula is C16H26N2OSi. The first-order valence-electron chi connectivity index (χ1n) is 7.28. The first-order valence-corrected chi connectivity index (χ1v) is 10.2. The van der Waals surface area contributed by atoms with Crippen molar-refractivity contribution < 1.29 is 4.43 Å². The van der Waals surface area contributed by atoms with E-state index in [1.807, 2.05) is 6.07 Å². The third-order valence-corrected chi connectivity index (χ3v) is 9.02. The minimum absolute atomic E-state index is 0.261. The van der Waals surface area contributed by atoms with Crippen molar-refractivity contribution >= 4 is 19.2 Å². The molecule has 0 fully saturated rings. The van der Waals surface area contributed by atoms with Gasteiger partial charge in [-0.15, -0.1) is 0 Å². The van der Waals surface area contributed by atoms with Gasteiger partial charge in [-0.05, 0) is 31.1 Å². The lowest BCUT2D eigenvalue weighted by Crippen LogP contribution is -2.41. The van der Waals surface area contributed by atoms with E-state index < -0.39 is 8.32 Å². The van der Waals surface area contributed by atoms with Crippen LogP contribution in [-0.4, -0.2) is 24.7 Å². The molecule has 0 saturated carbocycles. The molecular weight excluding hydrogens is 264 g/mol. The zero-order valence-corrected chi connectivity index (χ0v) is 14.5. The van der Waals surface area contributed by atoms with Gasteiger partial charge in [0.25, 0.3) is 0 Å². The lowest BCUT2D eigenvalue weighted by molar-refractivity contribution is 0.265. The maximum absolute atomic E-state index is 6.23. The number of rotatable bonds is 4. The van der Waals surface area contributed by atoms with Crippen LogP contribution in [0.3, 0.4) is 0 Å². The monoisotopic (exact) mass is 290 g/mol. The zero-order valence-electron chi connectivity index (χ0n) is 13.5. The molecule has 20 heavy (non-hydrogen) atoms. The van der Waals surface area contributed by atoms with Crippen molar-refractivity contribution in [1.29, 1.82) is 0 Å². The number of aryl methyl sites for hydroxylation is 1. The molecule has 2 aromatic rings. The number of hydrogen-bond donors (Lipinski definition) is 0. The quantitative estimate of drug-likeness (QED) is 0.782. The lowest BCUT2D eigenvalue weighted by atomic mass is 10.2. The van der Waals surface area contributed by atoms with Crippen molar-refractivity contribution in [1.82, 2.24) is 9.78 Å². The number of fused-ring (bicyclic) bond motifs is 1. The molecule has 1 aromatic carbocycles. The van der Waals surface area contributed by atoms with Crippen LogP contribution in [0.4, 0.5) is 0 Å². The molecule has 0 bridgehead atoms. The topological polar surface area (TPSA) is 27.1 Å². The van der Waals surface area contributed by atoms with E-state index in [0.717, 1.165) is 18.7 Å². The molecule has 0 unspecified atom stereocenters. The third-order valence-electron chi connectivity index (χ3n) is 4.48. The Morgan fingerprint density at radius 1 is 1.20 bits per heavy atom. The van der Waals surface area contributed by atoms with Crippen molar-refractivity contribution in [3.63, 3.8) is 0 Å². The highest BCUT2D eigenvalue weighted by Gasteiger charge is 2.36. The largest absolute Gasteiger partial charge is 0.415 e. The predicted molar refractivity (Wildman–Crippen MR) is 87.6 cm³/mol. The number of nitrogens with zero attached hydrogens (tertiary/aromatic N) is 2. The molecule has 0 aliphatic carbocycles. The van der Waals surface area contributed by atoms with Gasteiger partial charge < -0.3 is 4.43 Å². The van der Waals surface area contributed by atoms with E-state index in [4.69, 9.17) is 4.43 Å². The second kappa shape index (κ2) is 5.33. The van der Waals surface area contributed by atoms with E-state index in [9.17, 15) is 0 Å². The van der Waals surface area contributed by atoms with E-state index in [2.05, 4.69) is 68.8 Å². The Balaban J connectivity index is 2.05. The van der Waals surface area contributed by atoms with Crippen molar-refractivity contribution in [2.75, 3.05) is 6.61 Å². The fraction of sp³-hybridized carbons (Fsp3) is 0.562. The summed E-state index contributed by atoms with van der Waals surface area (Å²) in [5.41, 5.74) is 2.29. The molecule has 0 aliphatic rings. The van der Waals surface area contributed by atoms with Gasteiger partial charge in [-0.1, -0.05) is 39.0 Å². The second-order valence-corrected chi connectivity index (χ2v) is 11.7. The van der Waals surface area contributed by atoms with Crippen LogP contribution in [0.1, 0.15) is 26.5 Å². The maximum atomic E-state index is 6.23. The fourth-order valence-electron chi connectivity index (χ4n) is 2.03. The van der Waals surface area contributed by atoms with Gasteiger partial charge in [0.05, 0.1) is 18.7 Å². The summed E-state index contributed by atoms with van der Waals surface area (Å²) in [6.07, 6.45) is 0. The molecule has 110 valence electrons. The van der Waals surface area contributed by atoms with Crippen LogP contribution in [0.5, 0.6) is 0 Å². The average molecular weight is 290 g/mol. The van der Waals surface area contributed by atoms with Crippen molar-refractivity contribution in [2.24, 2.45) is 0 Å². The molecule has 1 aromatic heterocycles. The van der Waals surface area contributed by atoms with Gasteiger partial charge in [0.2, 0.25) is 0 Å². The van der Waals surface area contributed by atoms with E-state index in [0.29, 0.717) is 0 Å². The van der Waals surface area contributed by atoms with Crippen molar-refractivity contribution in [3.05, 3.63) is 30.0 Å². The van der Waals surface area contributed by atoms with Crippen LogP contribution in [0, 0.1) is 6.92 Å². The normalized spacial score (nSPS) is 13.1. The van der Waals surface area contributed by atoms with Gasteiger partial charge in [-0.2, -0.15) is 5.10 Å². The average Bonchev–Trinajstić information content (AvgIpc) is 2.66. The lowest BCUT2D eigenvalue weighted by Gasteiger charge is -2.36.